The first-order valence-electron chi connectivity index (χ1n) is 6.33. The zero-order valence-corrected chi connectivity index (χ0v) is 13.4. The van der Waals surface area contributed by atoms with E-state index in [2.05, 4.69) is 33.3 Å². The van der Waals surface area contributed by atoms with E-state index in [1.165, 1.54) is 0 Å². The average molecular weight is 343 g/mol. The van der Waals surface area contributed by atoms with Crippen molar-refractivity contribution in [3.8, 4) is 5.69 Å². The van der Waals surface area contributed by atoms with E-state index in [0.29, 0.717) is 0 Å². The fourth-order valence-electron chi connectivity index (χ4n) is 1.79. The van der Waals surface area contributed by atoms with Crippen LogP contribution in [0.3, 0.4) is 0 Å². The van der Waals surface area contributed by atoms with Gasteiger partial charge in [-0.25, -0.2) is 4.68 Å². The van der Waals surface area contributed by atoms with Crippen LogP contribution in [0.1, 0.15) is 24.6 Å². The van der Waals surface area contributed by atoms with E-state index in [9.17, 15) is 0 Å². The van der Waals surface area contributed by atoms with Gasteiger partial charge in [-0.3, -0.25) is 0 Å². The van der Waals surface area contributed by atoms with Gasteiger partial charge in [0.25, 0.3) is 0 Å². The van der Waals surface area contributed by atoms with Crippen LogP contribution in [0.5, 0.6) is 0 Å². The van der Waals surface area contributed by atoms with Gasteiger partial charge in [-0.1, -0.05) is 18.5 Å². The summed E-state index contributed by atoms with van der Waals surface area (Å²) in [5, 5.41) is 8.64. The molecule has 1 aromatic heterocycles. The Hall–Kier alpha value is -0.840. The highest BCUT2D eigenvalue weighted by Gasteiger charge is 2.08. The summed E-state index contributed by atoms with van der Waals surface area (Å²) in [6, 6.07) is 5.95. The van der Waals surface area contributed by atoms with Crippen LogP contribution in [0.15, 0.2) is 28.9 Å². The number of aryl methyl sites for hydroxylation is 1. The summed E-state index contributed by atoms with van der Waals surface area (Å²) in [4.78, 5) is 0. The number of nitrogens with one attached hydrogen (secondary N) is 1. The lowest BCUT2D eigenvalue weighted by Crippen LogP contribution is -2.14. The minimum atomic E-state index is 0.749. The predicted octanol–water partition coefficient (Wildman–Crippen LogP) is 4.10. The van der Waals surface area contributed by atoms with Crippen LogP contribution in [0.2, 0.25) is 5.02 Å². The van der Waals surface area contributed by atoms with Crippen LogP contribution < -0.4 is 5.32 Å². The molecular formula is C14H17BrClN3. The summed E-state index contributed by atoms with van der Waals surface area (Å²) < 4.78 is 2.84. The van der Waals surface area contributed by atoms with Crippen LogP contribution in [0.25, 0.3) is 5.69 Å². The second-order valence-electron chi connectivity index (χ2n) is 4.48. The molecule has 0 aliphatic rings. The van der Waals surface area contributed by atoms with Gasteiger partial charge in [-0.05, 0) is 59.6 Å². The first-order valence-corrected chi connectivity index (χ1v) is 7.50. The normalized spacial score (nSPS) is 10.9. The maximum Gasteiger partial charge on any atom is 0.0802 e. The van der Waals surface area contributed by atoms with Crippen molar-refractivity contribution in [2.45, 2.75) is 26.8 Å². The van der Waals surface area contributed by atoms with E-state index in [-0.39, 0.29) is 0 Å². The van der Waals surface area contributed by atoms with Gasteiger partial charge in [0, 0.05) is 22.2 Å². The van der Waals surface area contributed by atoms with Crippen molar-refractivity contribution >= 4 is 27.5 Å². The second-order valence-corrected chi connectivity index (χ2v) is 5.74. The van der Waals surface area contributed by atoms with E-state index >= 15 is 0 Å². The molecule has 0 amide bonds. The number of aromatic nitrogens is 2. The summed E-state index contributed by atoms with van der Waals surface area (Å²) in [7, 11) is 0. The molecule has 3 nitrogen and oxygen atoms in total. The Bertz CT molecular complexity index is 566. The van der Waals surface area contributed by atoms with Gasteiger partial charge in [0.1, 0.15) is 0 Å². The smallest absolute Gasteiger partial charge is 0.0802 e. The summed E-state index contributed by atoms with van der Waals surface area (Å²) in [6.45, 7) is 5.93. The van der Waals surface area contributed by atoms with Crippen LogP contribution in [0.4, 0.5) is 0 Å². The molecule has 0 aliphatic carbocycles. The molecule has 19 heavy (non-hydrogen) atoms. The summed E-state index contributed by atoms with van der Waals surface area (Å²) in [5.41, 5.74) is 3.03. The lowest BCUT2D eigenvalue weighted by molar-refractivity contribution is 0.656. The third-order valence-electron chi connectivity index (χ3n) is 2.85. The van der Waals surface area contributed by atoms with E-state index in [4.69, 9.17) is 11.6 Å². The zero-order valence-electron chi connectivity index (χ0n) is 11.1. The van der Waals surface area contributed by atoms with Crippen molar-refractivity contribution in [1.29, 1.82) is 0 Å². The first kappa shape index (κ1) is 14.6. The lowest BCUT2D eigenvalue weighted by atomic mass is 10.2. The Morgan fingerprint density at radius 3 is 2.95 bits per heavy atom. The third-order valence-corrected chi connectivity index (χ3v) is 3.89. The summed E-state index contributed by atoms with van der Waals surface area (Å²) in [5.74, 6) is 0. The fraction of sp³-hybridized carbons (Fsp3) is 0.357. The molecular weight excluding hydrogens is 326 g/mol. The zero-order chi connectivity index (χ0) is 13.8. The van der Waals surface area contributed by atoms with E-state index in [0.717, 1.165) is 46.0 Å². The van der Waals surface area contributed by atoms with Gasteiger partial charge in [0.15, 0.2) is 0 Å². The van der Waals surface area contributed by atoms with Gasteiger partial charge in [0.2, 0.25) is 0 Å². The number of halogens is 2. The quantitative estimate of drug-likeness (QED) is 0.829. The standard InChI is InChI=1S/C14H17BrClN3/c1-3-5-17-9-11-4-6-19(18-11)14-8-13(16)10(2)7-12(14)15/h4,6-8,17H,3,5,9H2,1-2H3. The molecule has 1 aromatic carbocycles. The molecule has 1 heterocycles. The van der Waals surface area contributed by atoms with E-state index in [1.807, 2.05) is 36.0 Å². The monoisotopic (exact) mass is 341 g/mol. The van der Waals surface area contributed by atoms with E-state index < -0.39 is 0 Å². The molecule has 0 spiro atoms. The fourth-order valence-corrected chi connectivity index (χ4v) is 2.59. The first-order chi connectivity index (χ1) is 9.11. The van der Waals surface area contributed by atoms with Crippen LogP contribution >= 0.6 is 27.5 Å². The van der Waals surface area contributed by atoms with Gasteiger partial charge in [0.05, 0.1) is 11.4 Å². The largest absolute Gasteiger partial charge is 0.311 e. The van der Waals surface area contributed by atoms with Gasteiger partial charge >= 0.3 is 0 Å². The predicted molar refractivity (Wildman–Crippen MR) is 83.0 cm³/mol. The molecule has 0 radical (unpaired) electrons. The Morgan fingerprint density at radius 1 is 1.42 bits per heavy atom. The molecule has 0 aliphatic heterocycles. The van der Waals surface area contributed by atoms with Crippen molar-refractivity contribution in [2.75, 3.05) is 6.54 Å². The van der Waals surface area contributed by atoms with Crippen LogP contribution in [-0.2, 0) is 6.54 Å². The Labute approximate surface area is 127 Å². The molecule has 0 atom stereocenters. The number of hydrogen-bond acceptors (Lipinski definition) is 2. The van der Waals surface area contributed by atoms with Gasteiger partial charge in [-0.2, -0.15) is 5.10 Å². The molecule has 0 saturated carbocycles. The highest BCUT2D eigenvalue weighted by Crippen LogP contribution is 2.27. The molecule has 0 unspecified atom stereocenters. The van der Waals surface area contributed by atoms with E-state index in [1.54, 1.807) is 0 Å². The molecule has 102 valence electrons. The third kappa shape index (κ3) is 3.59. The molecule has 0 fully saturated rings. The van der Waals surface area contributed by atoms with Crippen molar-refractivity contribution < 1.29 is 0 Å². The molecule has 0 saturated heterocycles. The van der Waals surface area contributed by atoms with Gasteiger partial charge in [-0.15, -0.1) is 0 Å². The van der Waals surface area contributed by atoms with Crippen molar-refractivity contribution in [3.05, 3.63) is 45.1 Å². The highest BCUT2D eigenvalue weighted by atomic mass is 79.9. The van der Waals surface area contributed by atoms with Crippen LogP contribution in [0, 0.1) is 6.92 Å². The topological polar surface area (TPSA) is 29.9 Å². The Balaban J connectivity index is 2.20. The average Bonchev–Trinajstić information content (AvgIpc) is 2.83. The minimum Gasteiger partial charge on any atom is -0.311 e. The maximum atomic E-state index is 6.17. The SMILES string of the molecule is CCCNCc1ccn(-c2cc(Cl)c(C)cc2Br)n1. The number of nitrogens with zero attached hydrogens (tertiary/aromatic N) is 2. The summed E-state index contributed by atoms with van der Waals surface area (Å²) >= 11 is 9.73. The Morgan fingerprint density at radius 2 is 2.21 bits per heavy atom. The number of benzene rings is 1. The Kier molecular flexibility index (Phi) is 5.02. The lowest BCUT2D eigenvalue weighted by Gasteiger charge is -2.07. The molecule has 0 bridgehead atoms. The van der Waals surface area contributed by atoms with Crippen LogP contribution in [-0.4, -0.2) is 16.3 Å². The number of hydrogen-bond donors (Lipinski definition) is 1. The maximum absolute atomic E-state index is 6.17. The highest BCUT2D eigenvalue weighted by molar-refractivity contribution is 9.10. The van der Waals surface area contributed by atoms with Crippen molar-refractivity contribution in [2.24, 2.45) is 0 Å². The molecule has 5 heteroatoms. The van der Waals surface area contributed by atoms with Crippen molar-refractivity contribution in [3.63, 3.8) is 0 Å². The minimum absolute atomic E-state index is 0.749. The molecule has 1 N–H and O–H groups in total. The number of rotatable bonds is 5. The second kappa shape index (κ2) is 6.55. The van der Waals surface area contributed by atoms with Crippen molar-refractivity contribution in [1.82, 2.24) is 15.1 Å². The van der Waals surface area contributed by atoms with Gasteiger partial charge < -0.3 is 5.32 Å². The molecule has 2 aromatic rings. The summed E-state index contributed by atoms with van der Waals surface area (Å²) in [6.07, 6.45) is 3.08. The molecule has 2 rings (SSSR count).